The van der Waals surface area contributed by atoms with Gasteiger partial charge in [0.25, 0.3) is 0 Å². The number of benzene rings is 1. The Morgan fingerprint density at radius 3 is 2.48 bits per heavy atom. The summed E-state index contributed by atoms with van der Waals surface area (Å²) in [5, 5.41) is 3.55. The number of nitrogens with one attached hydrogen (secondary N) is 1. The molecule has 2 rings (SSSR count). The van der Waals surface area contributed by atoms with Crippen LogP contribution in [0.1, 0.15) is 58.4 Å². The second-order valence-electron chi connectivity index (χ2n) is 7.40. The molecular formula is C24H39N3O2. The minimum Gasteiger partial charge on any atom is -0.490 e. The van der Waals surface area contributed by atoms with E-state index in [2.05, 4.69) is 35.4 Å². The molecule has 1 fully saturated rings. The highest BCUT2D eigenvalue weighted by molar-refractivity contribution is 5.46. The molecule has 0 atom stereocenters. The van der Waals surface area contributed by atoms with Gasteiger partial charge in [0.05, 0.1) is 19.0 Å². The Balaban J connectivity index is 1.89. The van der Waals surface area contributed by atoms with E-state index in [4.69, 9.17) is 15.2 Å². The van der Waals surface area contributed by atoms with Crippen LogP contribution in [0.2, 0.25) is 0 Å². The fourth-order valence-corrected chi connectivity index (χ4v) is 3.62. The maximum Gasteiger partial charge on any atom is 0.165 e. The standard InChI is InChI=1S/C24H39N3O2/c1-4-20(14-15-23(25)27-16-9-7-8-10-17-27)18-26-19-21-12-11-13-22(28-5-2)24(21)29-6-3/h4,11-13,15,26H,5-10,14,16-19,25H2,1-3H3/b20-4+,23-15+. The molecule has 0 radical (unpaired) electrons. The van der Waals surface area contributed by atoms with Gasteiger partial charge < -0.3 is 25.4 Å². The normalized spacial score (nSPS) is 15.9. The lowest BCUT2D eigenvalue weighted by Gasteiger charge is -2.22. The first-order valence-electron chi connectivity index (χ1n) is 11.1. The maximum absolute atomic E-state index is 6.35. The molecule has 1 aromatic rings. The smallest absolute Gasteiger partial charge is 0.165 e. The van der Waals surface area contributed by atoms with Crippen LogP contribution in [0.25, 0.3) is 0 Å². The molecule has 1 aliphatic rings. The molecule has 5 heteroatoms. The average Bonchev–Trinajstić information content (AvgIpc) is 3.02. The summed E-state index contributed by atoms with van der Waals surface area (Å²) in [5.74, 6) is 2.58. The van der Waals surface area contributed by atoms with Gasteiger partial charge in [-0.15, -0.1) is 0 Å². The van der Waals surface area contributed by atoms with Crippen LogP contribution in [-0.2, 0) is 6.54 Å². The van der Waals surface area contributed by atoms with Crippen molar-refractivity contribution in [1.29, 1.82) is 0 Å². The summed E-state index contributed by atoms with van der Waals surface area (Å²) in [4.78, 5) is 2.33. The molecule has 29 heavy (non-hydrogen) atoms. The van der Waals surface area contributed by atoms with E-state index < -0.39 is 0 Å². The second kappa shape index (κ2) is 13.2. The molecule has 0 unspecified atom stereocenters. The number of allylic oxidation sites excluding steroid dienone is 2. The van der Waals surface area contributed by atoms with Crippen LogP contribution in [0.3, 0.4) is 0 Å². The predicted molar refractivity (Wildman–Crippen MR) is 121 cm³/mol. The molecule has 0 bridgehead atoms. The predicted octanol–water partition coefficient (Wildman–Crippen LogP) is 4.59. The van der Waals surface area contributed by atoms with Gasteiger partial charge in [-0.2, -0.15) is 0 Å². The van der Waals surface area contributed by atoms with Crippen molar-refractivity contribution in [1.82, 2.24) is 10.2 Å². The molecular weight excluding hydrogens is 362 g/mol. The molecule has 0 aromatic heterocycles. The van der Waals surface area contributed by atoms with Gasteiger partial charge >= 0.3 is 0 Å². The van der Waals surface area contributed by atoms with Crippen molar-refractivity contribution in [2.45, 2.75) is 59.4 Å². The lowest BCUT2D eigenvalue weighted by atomic mass is 10.1. The minimum absolute atomic E-state index is 0.623. The van der Waals surface area contributed by atoms with E-state index in [1.54, 1.807) is 0 Å². The SMILES string of the molecule is C/C=C(\C/C=C(\N)N1CCCCCC1)CNCc1cccc(OCC)c1OCC. The molecule has 1 aromatic carbocycles. The van der Waals surface area contributed by atoms with E-state index in [1.165, 1.54) is 31.3 Å². The zero-order valence-electron chi connectivity index (χ0n) is 18.5. The Labute approximate surface area is 176 Å². The molecule has 5 nitrogen and oxygen atoms in total. The van der Waals surface area contributed by atoms with Gasteiger partial charge in [0, 0.05) is 31.7 Å². The number of likely N-dealkylation sites (tertiary alicyclic amines) is 1. The van der Waals surface area contributed by atoms with Crippen molar-refractivity contribution in [2.24, 2.45) is 5.73 Å². The number of ether oxygens (including phenoxy) is 2. The minimum atomic E-state index is 0.623. The van der Waals surface area contributed by atoms with Crippen LogP contribution in [0.4, 0.5) is 0 Å². The van der Waals surface area contributed by atoms with Crippen LogP contribution < -0.4 is 20.5 Å². The van der Waals surface area contributed by atoms with Crippen LogP contribution >= 0.6 is 0 Å². The van der Waals surface area contributed by atoms with Crippen LogP contribution in [0.5, 0.6) is 11.5 Å². The Hall–Kier alpha value is -2.14. The van der Waals surface area contributed by atoms with Gasteiger partial charge in [0.2, 0.25) is 0 Å². The molecule has 1 saturated heterocycles. The van der Waals surface area contributed by atoms with Crippen molar-refractivity contribution in [3.8, 4) is 11.5 Å². The Bertz CT molecular complexity index is 662. The van der Waals surface area contributed by atoms with Gasteiger partial charge in [-0.25, -0.2) is 0 Å². The van der Waals surface area contributed by atoms with Gasteiger partial charge in [0.15, 0.2) is 11.5 Å². The zero-order chi connectivity index (χ0) is 20.9. The van der Waals surface area contributed by atoms with E-state index in [1.807, 2.05) is 26.0 Å². The zero-order valence-corrected chi connectivity index (χ0v) is 18.5. The van der Waals surface area contributed by atoms with Gasteiger partial charge in [-0.3, -0.25) is 0 Å². The number of hydrogen-bond donors (Lipinski definition) is 2. The summed E-state index contributed by atoms with van der Waals surface area (Å²) in [7, 11) is 0. The van der Waals surface area contributed by atoms with E-state index >= 15 is 0 Å². The summed E-state index contributed by atoms with van der Waals surface area (Å²) >= 11 is 0. The van der Waals surface area contributed by atoms with Crippen LogP contribution in [0.15, 0.2) is 41.7 Å². The third-order valence-corrected chi connectivity index (χ3v) is 5.27. The first-order chi connectivity index (χ1) is 14.2. The number of nitrogens with two attached hydrogens (primary N) is 1. The first kappa shape index (κ1) is 23.1. The quantitative estimate of drug-likeness (QED) is 0.531. The highest BCUT2D eigenvalue weighted by Gasteiger charge is 2.11. The highest BCUT2D eigenvalue weighted by atomic mass is 16.5. The maximum atomic E-state index is 6.35. The van der Waals surface area contributed by atoms with E-state index in [9.17, 15) is 0 Å². The second-order valence-corrected chi connectivity index (χ2v) is 7.40. The topological polar surface area (TPSA) is 59.8 Å². The van der Waals surface area contributed by atoms with Crippen LogP contribution in [-0.4, -0.2) is 37.7 Å². The van der Waals surface area contributed by atoms with Crippen molar-refractivity contribution in [3.63, 3.8) is 0 Å². The fraction of sp³-hybridized carbons (Fsp3) is 0.583. The Morgan fingerprint density at radius 2 is 1.83 bits per heavy atom. The molecule has 0 spiro atoms. The molecule has 0 saturated carbocycles. The molecule has 1 heterocycles. The van der Waals surface area contributed by atoms with E-state index in [0.29, 0.717) is 13.2 Å². The Morgan fingerprint density at radius 1 is 1.10 bits per heavy atom. The summed E-state index contributed by atoms with van der Waals surface area (Å²) in [6.45, 7) is 11.1. The number of hydrogen-bond acceptors (Lipinski definition) is 5. The molecule has 0 amide bonds. The lowest BCUT2D eigenvalue weighted by Crippen LogP contribution is -2.28. The van der Waals surface area contributed by atoms with Crippen molar-refractivity contribution >= 4 is 0 Å². The summed E-state index contributed by atoms with van der Waals surface area (Å²) in [6.07, 6.45) is 10.4. The molecule has 0 aliphatic carbocycles. The van der Waals surface area contributed by atoms with Gasteiger partial charge in [0.1, 0.15) is 0 Å². The Kier molecular flexibility index (Phi) is 10.5. The summed E-state index contributed by atoms with van der Waals surface area (Å²) in [6, 6.07) is 6.07. The van der Waals surface area contributed by atoms with Crippen molar-refractivity contribution < 1.29 is 9.47 Å². The average molecular weight is 402 g/mol. The summed E-state index contributed by atoms with van der Waals surface area (Å²) < 4.78 is 11.6. The highest BCUT2D eigenvalue weighted by Crippen LogP contribution is 2.31. The third-order valence-electron chi connectivity index (χ3n) is 5.27. The number of rotatable bonds is 11. The fourth-order valence-electron chi connectivity index (χ4n) is 3.62. The van der Waals surface area contributed by atoms with Crippen molar-refractivity contribution in [3.05, 3.63) is 47.3 Å². The first-order valence-corrected chi connectivity index (χ1v) is 11.1. The summed E-state index contributed by atoms with van der Waals surface area (Å²) in [5.41, 5.74) is 8.80. The number of nitrogens with zero attached hydrogens (tertiary/aromatic N) is 1. The molecule has 162 valence electrons. The third kappa shape index (κ3) is 7.65. The van der Waals surface area contributed by atoms with Gasteiger partial charge in [-0.1, -0.05) is 36.6 Å². The largest absolute Gasteiger partial charge is 0.490 e. The lowest BCUT2D eigenvalue weighted by molar-refractivity contribution is 0.285. The van der Waals surface area contributed by atoms with Crippen molar-refractivity contribution in [2.75, 3.05) is 32.8 Å². The monoisotopic (exact) mass is 401 g/mol. The van der Waals surface area contributed by atoms with Gasteiger partial charge in [-0.05, 0) is 52.2 Å². The molecule has 1 aliphatic heterocycles. The van der Waals surface area contributed by atoms with Crippen LogP contribution in [0, 0.1) is 0 Å². The number of para-hydroxylation sites is 1. The van der Waals surface area contributed by atoms with E-state index in [0.717, 1.165) is 55.5 Å². The molecule has 3 N–H and O–H groups in total. The van der Waals surface area contributed by atoms with E-state index in [-0.39, 0.29) is 0 Å².